The highest BCUT2D eigenvalue weighted by atomic mass is 32.2. The number of unbranched alkanes of at least 4 members (excludes halogenated alkanes) is 1. The monoisotopic (exact) mass is 661 g/mol. The molecule has 1 atom stereocenters. The van der Waals surface area contributed by atoms with Gasteiger partial charge in [0.1, 0.15) is 18.4 Å². The smallest absolute Gasteiger partial charge is 0.264 e. The number of ether oxygens (including phenoxy) is 2. The second kappa shape index (κ2) is 16.6. The Morgan fingerprint density at radius 3 is 2.13 bits per heavy atom. The summed E-state index contributed by atoms with van der Waals surface area (Å²) in [7, 11) is -1.44. The number of methoxy groups -OCH3 is 2. The molecular formula is C36H40FN3O6S. The Bertz CT molecular complexity index is 1740. The average molecular weight is 662 g/mol. The fourth-order valence-electron chi connectivity index (χ4n) is 5.10. The summed E-state index contributed by atoms with van der Waals surface area (Å²) in [5.74, 6) is -1.05. The molecule has 0 aliphatic rings. The number of benzene rings is 4. The molecule has 0 spiro atoms. The first-order valence-corrected chi connectivity index (χ1v) is 16.8. The fourth-order valence-corrected chi connectivity index (χ4v) is 6.53. The van der Waals surface area contributed by atoms with Crippen molar-refractivity contribution < 1.29 is 31.9 Å². The summed E-state index contributed by atoms with van der Waals surface area (Å²) in [4.78, 5) is 29.6. The van der Waals surface area contributed by atoms with Gasteiger partial charge in [-0.15, -0.1) is 0 Å². The average Bonchev–Trinajstić information content (AvgIpc) is 3.09. The molecule has 0 aliphatic heterocycles. The van der Waals surface area contributed by atoms with Crippen LogP contribution in [-0.4, -0.2) is 58.5 Å². The molecule has 4 rings (SSSR count). The molecule has 0 saturated heterocycles. The van der Waals surface area contributed by atoms with Gasteiger partial charge in [0.2, 0.25) is 11.8 Å². The highest BCUT2D eigenvalue weighted by Crippen LogP contribution is 2.34. The first-order valence-electron chi connectivity index (χ1n) is 15.3. The SMILES string of the molecule is CCCCNC(=O)[C@H](Cc1ccccc1)N(Cc1ccccc1F)C(=O)CN(c1ccc(OC)c(OC)c1)S(=O)(=O)c1ccccc1. The van der Waals surface area contributed by atoms with Gasteiger partial charge in [0, 0.05) is 31.1 Å². The molecule has 1 N–H and O–H groups in total. The van der Waals surface area contributed by atoms with E-state index in [0.29, 0.717) is 12.3 Å². The van der Waals surface area contributed by atoms with Crippen LogP contribution in [0.1, 0.15) is 30.9 Å². The summed E-state index contributed by atoms with van der Waals surface area (Å²) in [5.41, 5.74) is 1.10. The number of rotatable bonds is 16. The Morgan fingerprint density at radius 2 is 1.49 bits per heavy atom. The lowest BCUT2D eigenvalue weighted by atomic mass is 10.0. The number of halogens is 1. The van der Waals surface area contributed by atoms with Gasteiger partial charge in [-0.2, -0.15) is 0 Å². The van der Waals surface area contributed by atoms with Crippen molar-refractivity contribution in [2.24, 2.45) is 0 Å². The molecule has 248 valence electrons. The zero-order valence-electron chi connectivity index (χ0n) is 26.8. The third-order valence-corrected chi connectivity index (χ3v) is 9.45. The van der Waals surface area contributed by atoms with Crippen molar-refractivity contribution in [1.82, 2.24) is 10.2 Å². The molecule has 0 unspecified atom stereocenters. The van der Waals surface area contributed by atoms with Gasteiger partial charge < -0.3 is 19.7 Å². The summed E-state index contributed by atoms with van der Waals surface area (Å²) in [6.45, 7) is 1.43. The molecule has 11 heteroatoms. The maximum atomic E-state index is 15.1. The molecule has 0 bridgehead atoms. The van der Waals surface area contributed by atoms with Gasteiger partial charge in [-0.3, -0.25) is 13.9 Å². The molecule has 4 aromatic carbocycles. The first kappa shape index (κ1) is 35.0. The van der Waals surface area contributed by atoms with Crippen molar-refractivity contribution in [1.29, 1.82) is 0 Å². The van der Waals surface area contributed by atoms with Gasteiger partial charge >= 0.3 is 0 Å². The van der Waals surface area contributed by atoms with Crippen LogP contribution in [0.15, 0.2) is 108 Å². The lowest BCUT2D eigenvalue weighted by molar-refractivity contribution is -0.140. The van der Waals surface area contributed by atoms with E-state index in [-0.39, 0.29) is 34.9 Å². The highest BCUT2D eigenvalue weighted by molar-refractivity contribution is 7.92. The van der Waals surface area contributed by atoms with Gasteiger partial charge in [-0.05, 0) is 42.3 Å². The van der Waals surface area contributed by atoms with Gasteiger partial charge in [0.15, 0.2) is 11.5 Å². The number of nitrogens with zero attached hydrogens (tertiary/aromatic N) is 2. The minimum atomic E-state index is -4.32. The highest BCUT2D eigenvalue weighted by Gasteiger charge is 2.35. The molecule has 9 nitrogen and oxygen atoms in total. The second-order valence-corrected chi connectivity index (χ2v) is 12.7. The van der Waals surface area contributed by atoms with Crippen molar-refractivity contribution in [3.63, 3.8) is 0 Å². The number of hydrogen-bond donors (Lipinski definition) is 1. The van der Waals surface area contributed by atoms with Gasteiger partial charge in [0.05, 0.1) is 24.8 Å². The topological polar surface area (TPSA) is 105 Å². The number of carbonyl (C=O) groups excluding carboxylic acids is 2. The summed E-state index contributed by atoms with van der Waals surface area (Å²) >= 11 is 0. The summed E-state index contributed by atoms with van der Waals surface area (Å²) < 4.78 is 55.2. The minimum Gasteiger partial charge on any atom is -0.493 e. The van der Waals surface area contributed by atoms with E-state index in [0.717, 1.165) is 22.7 Å². The molecule has 0 aromatic heterocycles. The number of anilines is 1. The number of nitrogens with one attached hydrogen (secondary N) is 1. The van der Waals surface area contributed by atoms with Crippen LogP contribution in [0.2, 0.25) is 0 Å². The number of sulfonamides is 1. The first-order chi connectivity index (χ1) is 22.7. The van der Waals surface area contributed by atoms with Crippen molar-refractivity contribution in [3.05, 3.63) is 120 Å². The Morgan fingerprint density at radius 1 is 0.851 bits per heavy atom. The van der Waals surface area contributed by atoms with E-state index in [4.69, 9.17) is 9.47 Å². The van der Waals surface area contributed by atoms with Crippen molar-refractivity contribution in [3.8, 4) is 11.5 Å². The molecule has 0 saturated carbocycles. The zero-order valence-corrected chi connectivity index (χ0v) is 27.6. The van der Waals surface area contributed by atoms with E-state index < -0.39 is 40.2 Å². The third kappa shape index (κ3) is 8.88. The molecular weight excluding hydrogens is 621 g/mol. The number of carbonyl (C=O) groups is 2. The van der Waals surface area contributed by atoms with Crippen LogP contribution < -0.4 is 19.1 Å². The van der Waals surface area contributed by atoms with E-state index in [9.17, 15) is 18.0 Å². The van der Waals surface area contributed by atoms with Crippen molar-refractivity contribution in [2.75, 3.05) is 31.6 Å². The van der Waals surface area contributed by atoms with Crippen LogP contribution in [0.25, 0.3) is 0 Å². The Kier molecular flexibility index (Phi) is 12.3. The van der Waals surface area contributed by atoms with E-state index in [1.54, 1.807) is 30.3 Å². The third-order valence-electron chi connectivity index (χ3n) is 7.66. The summed E-state index contributed by atoms with van der Waals surface area (Å²) in [5, 5.41) is 2.92. The van der Waals surface area contributed by atoms with Crippen LogP contribution in [0, 0.1) is 5.82 Å². The quantitative estimate of drug-likeness (QED) is 0.157. The van der Waals surface area contributed by atoms with Crippen LogP contribution in [0.3, 0.4) is 0 Å². The van der Waals surface area contributed by atoms with Gasteiger partial charge in [0.25, 0.3) is 10.0 Å². The van der Waals surface area contributed by atoms with Gasteiger partial charge in [-0.1, -0.05) is 80.1 Å². The van der Waals surface area contributed by atoms with Crippen molar-refractivity contribution in [2.45, 2.75) is 43.7 Å². The zero-order chi connectivity index (χ0) is 33.8. The molecule has 0 radical (unpaired) electrons. The lowest BCUT2D eigenvalue weighted by Crippen LogP contribution is -2.53. The van der Waals surface area contributed by atoms with E-state index in [1.807, 2.05) is 37.3 Å². The second-order valence-electron chi connectivity index (χ2n) is 10.8. The lowest BCUT2D eigenvalue weighted by Gasteiger charge is -2.34. The molecule has 4 aromatic rings. The van der Waals surface area contributed by atoms with Crippen LogP contribution in [0.5, 0.6) is 11.5 Å². The van der Waals surface area contributed by atoms with Crippen LogP contribution >= 0.6 is 0 Å². The molecule has 0 fully saturated rings. The van der Waals surface area contributed by atoms with E-state index in [2.05, 4.69) is 5.32 Å². The number of hydrogen-bond acceptors (Lipinski definition) is 6. The maximum Gasteiger partial charge on any atom is 0.264 e. The van der Waals surface area contributed by atoms with Gasteiger partial charge in [-0.25, -0.2) is 12.8 Å². The fraction of sp³-hybridized carbons (Fsp3) is 0.278. The van der Waals surface area contributed by atoms with E-state index in [1.165, 1.54) is 61.6 Å². The maximum absolute atomic E-state index is 15.1. The predicted octanol–water partition coefficient (Wildman–Crippen LogP) is 5.59. The van der Waals surface area contributed by atoms with Crippen LogP contribution in [-0.2, 0) is 32.6 Å². The largest absolute Gasteiger partial charge is 0.493 e. The normalized spacial score (nSPS) is 11.7. The Balaban J connectivity index is 1.83. The standard InChI is InChI=1S/C36H40FN3O6S/c1-4-5-22-38-36(42)32(23-27-14-8-6-9-15-27)39(25-28-16-12-13-19-31(28)37)35(41)26-40(47(43,44)30-17-10-7-11-18-30)29-20-21-33(45-2)34(24-29)46-3/h6-21,24,32H,4-5,22-23,25-26H2,1-3H3,(H,38,42)/t32-/m0/s1. The summed E-state index contributed by atoms with van der Waals surface area (Å²) in [6.07, 6.45) is 1.70. The minimum absolute atomic E-state index is 0.0404. The Labute approximate surface area is 276 Å². The molecule has 47 heavy (non-hydrogen) atoms. The van der Waals surface area contributed by atoms with Crippen LogP contribution in [0.4, 0.5) is 10.1 Å². The van der Waals surface area contributed by atoms with Crippen molar-refractivity contribution >= 4 is 27.5 Å². The molecule has 0 aliphatic carbocycles. The predicted molar refractivity (Wildman–Crippen MR) is 179 cm³/mol. The summed E-state index contributed by atoms with van der Waals surface area (Å²) in [6, 6.07) is 26.4. The molecule has 2 amide bonds. The Hall–Kier alpha value is -4.90. The number of amides is 2. The van der Waals surface area contributed by atoms with E-state index >= 15 is 4.39 Å². The molecule has 0 heterocycles.